The second-order valence-corrected chi connectivity index (χ2v) is 13.6. The summed E-state index contributed by atoms with van der Waals surface area (Å²) < 4.78 is 5.90. The molecule has 0 rings (SSSR count). The fourth-order valence-electron chi connectivity index (χ4n) is 0.919. The van der Waals surface area contributed by atoms with Crippen molar-refractivity contribution in [3.05, 3.63) is 0 Å². The molecule has 11 heavy (non-hydrogen) atoms. The van der Waals surface area contributed by atoms with Crippen LogP contribution in [-0.2, 0) is 4.12 Å². The third-order valence-corrected chi connectivity index (χ3v) is 5.51. The Kier molecular flexibility index (Phi) is 9.78. The van der Waals surface area contributed by atoms with Crippen molar-refractivity contribution in [3.63, 3.8) is 0 Å². The van der Waals surface area contributed by atoms with Crippen LogP contribution in [0.15, 0.2) is 0 Å². The Morgan fingerprint density at radius 2 is 0.909 bits per heavy atom. The van der Waals surface area contributed by atoms with Crippen molar-refractivity contribution >= 4 is 16.6 Å². The van der Waals surface area contributed by atoms with E-state index in [-0.39, 0.29) is 35.0 Å². The van der Waals surface area contributed by atoms with Gasteiger partial charge in [-0.1, -0.05) is 0 Å². The standard InChI is InChI=1S/C6H18OSi2.Na.H2O/c1-8(2,3)7-9(4,5)6;;/h1-6H3;;1H2/q;+1;/p-1. The zero-order valence-corrected chi connectivity index (χ0v) is 12.9. The molecule has 0 radical (unpaired) electrons. The average molecular weight is 202 g/mol. The molecule has 2 nitrogen and oxygen atoms in total. The molecule has 0 aliphatic heterocycles. The fourth-order valence-corrected chi connectivity index (χ4v) is 8.27. The molecule has 0 aliphatic carbocycles. The molecular weight excluding hydrogens is 183 g/mol. The van der Waals surface area contributed by atoms with Gasteiger partial charge in [-0.05, 0) is 39.3 Å². The predicted molar refractivity (Wildman–Crippen MR) is 49.7 cm³/mol. The third kappa shape index (κ3) is 18.4. The van der Waals surface area contributed by atoms with E-state index in [4.69, 9.17) is 4.12 Å². The molecule has 1 N–H and O–H groups in total. The van der Waals surface area contributed by atoms with Crippen LogP contribution in [-0.4, -0.2) is 22.1 Å². The van der Waals surface area contributed by atoms with Gasteiger partial charge in [-0.3, -0.25) is 0 Å². The van der Waals surface area contributed by atoms with E-state index < -0.39 is 16.6 Å². The van der Waals surface area contributed by atoms with Crippen LogP contribution in [0.25, 0.3) is 0 Å². The van der Waals surface area contributed by atoms with E-state index in [1.807, 2.05) is 0 Å². The summed E-state index contributed by atoms with van der Waals surface area (Å²) in [6.45, 7) is 13.4. The van der Waals surface area contributed by atoms with Crippen molar-refractivity contribution in [1.82, 2.24) is 0 Å². The van der Waals surface area contributed by atoms with E-state index >= 15 is 0 Å². The smallest absolute Gasteiger partial charge is 0.870 e. The molecule has 0 fully saturated rings. The summed E-state index contributed by atoms with van der Waals surface area (Å²) in [6, 6.07) is 0. The van der Waals surface area contributed by atoms with Gasteiger partial charge < -0.3 is 9.59 Å². The predicted octanol–water partition coefficient (Wildman–Crippen LogP) is -0.500. The van der Waals surface area contributed by atoms with Crippen LogP contribution in [0, 0.1) is 0 Å². The molecule has 0 aromatic carbocycles. The zero-order valence-electron chi connectivity index (χ0n) is 8.86. The Morgan fingerprint density at radius 3 is 0.909 bits per heavy atom. The van der Waals surface area contributed by atoms with Crippen LogP contribution in [0.5, 0.6) is 0 Å². The monoisotopic (exact) mass is 202 g/mol. The van der Waals surface area contributed by atoms with Gasteiger partial charge in [-0.2, -0.15) is 0 Å². The average Bonchev–Trinajstić information content (AvgIpc) is 1.14. The molecule has 0 saturated heterocycles. The topological polar surface area (TPSA) is 39.2 Å². The largest absolute Gasteiger partial charge is 1.00 e. The molecule has 0 aromatic heterocycles. The van der Waals surface area contributed by atoms with E-state index in [2.05, 4.69) is 39.3 Å². The molecule has 0 aliphatic rings. The van der Waals surface area contributed by atoms with Crippen LogP contribution in [0.4, 0.5) is 0 Å². The van der Waals surface area contributed by atoms with Crippen molar-refractivity contribution in [2.24, 2.45) is 0 Å². The van der Waals surface area contributed by atoms with Crippen LogP contribution in [0.2, 0.25) is 39.3 Å². The van der Waals surface area contributed by atoms with Gasteiger partial charge in [0.2, 0.25) is 0 Å². The van der Waals surface area contributed by atoms with Gasteiger partial charge in [-0.25, -0.2) is 0 Å². The quantitative estimate of drug-likeness (QED) is 0.566. The Bertz CT molecular complexity index is 83.7. The molecule has 5 heteroatoms. The summed E-state index contributed by atoms with van der Waals surface area (Å²) in [4.78, 5) is 0. The van der Waals surface area contributed by atoms with Crippen molar-refractivity contribution < 1.29 is 39.1 Å². The molecule has 0 spiro atoms. The van der Waals surface area contributed by atoms with Crippen LogP contribution in [0.3, 0.4) is 0 Å². The summed E-state index contributed by atoms with van der Waals surface area (Å²) in [6.07, 6.45) is 0. The normalized spacial score (nSPS) is 11.5. The maximum Gasteiger partial charge on any atom is 1.00 e. The second kappa shape index (κ2) is 5.91. The first kappa shape index (κ1) is 18.2. The van der Waals surface area contributed by atoms with E-state index in [1.54, 1.807) is 0 Å². The zero-order chi connectivity index (χ0) is 7.71. The second-order valence-electron chi connectivity index (χ2n) is 4.33. The van der Waals surface area contributed by atoms with Crippen molar-refractivity contribution in [2.45, 2.75) is 39.3 Å². The number of rotatable bonds is 2. The van der Waals surface area contributed by atoms with Gasteiger partial charge in [-0.15, -0.1) is 0 Å². The van der Waals surface area contributed by atoms with Gasteiger partial charge in [0.1, 0.15) is 0 Å². The molecule has 0 bridgehead atoms. The van der Waals surface area contributed by atoms with E-state index in [0.29, 0.717) is 0 Å². The minimum atomic E-state index is -1.23. The summed E-state index contributed by atoms with van der Waals surface area (Å²) in [5, 5.41) is 0. The summed E-state index contributed by atoms with van der Waals surface area (Å²) in [5.41, 5.74) is 0. The summed E-state index contributed by atoms with van der Waals surface area (Å²) in [5.74, 6) is 0. The van der Waals surface area contributed by atoms with Crippen molar-refractivity contribution in [3.8, 4) is 0 Å². The number of hydrogen-bond acceptors (Lipinski definition) is 2. The SMILES string of the molecule is C[Si](C)(C)O[Si](C)(C)C.[Na+].[OH-]. The van der Waals surface area contributed by atoms with Gasteiger partial charge in [0.15, 0.2) is 16.6 Å². The summed E-state index contributed by atoms with van der Waals surface area (Å²) in [7, 11) is -2.46. The van der Waals surface area contributed by atoms with Gasteiger partial charge in [0, 0.05) is 0 Å². The minimum absolute atomic E-state index is 0. The van der Waals surface area contributed by atoms with E-state index in [0.717, 1.165) is 0 Å². The number of hydrogen-bond donors (Lipinski definition) is 0. The van der Waals surface area contributed by atoms with E-state index in [9.17, 15) is 0 Å². The van der Waals surface area contributed by atoms with Crippen LogP contribution in [0.1, 0.15) is 0 Å². The van der Waals surface area contributed by atoms with Gasteiger partial charge in [0.25, 0.3) is 0 Å². The Morgan fingerprint density at radius 1 is 0.727 bits per heavy atom. The molecule has 0 heterocycles. The van der Waals surface area contributed by atoms with Crippen LogP contribution >= 0.6 is 0 Å². The van der Waals surface area contributed by atoms with E-state index in [1.165, 1.54) is 0 Å². The molecule has 0 saturated carbocycles. The first-order chi connectivity index (χ1) is 3.71. The van der Waals surface area contributed by atoms with Crippen molar-refractivity contribution in [2.75, 3.05) is 0 Å². The van der Waals surface area contributed by atoms with Gasteiger partial charge in [0.05, 0.1) is 0 Å². The molecule has 0 aromatic rings. The third-order valence-electron chi connectivity index (χ3n) is 0.612. The molecule has 0 unspecified atom stereocenters. The molecular formula is C6H19NaO2Si2. The Labute approximate surface area is 94.6 Å². The first-order valence-corrected chi connectivity index (χ1v) is 10.2. The molecule has 0 atom stereocenters. The van der Waals surface area contributed by atoms with Crippen LogP contribution < -0.4 is 29.6 Å². The fraction of sp³-hybridized carbons (Fsp3) is 1.00. The Balaban J connectivity index is -0.000000320. The summed E-state index contributed by atoms with van der Waals surface area (Å²) >= 11 is 0. The maximum absolute atomic E-state index is 5.90. The molecule has 64 valence electrons. The molecule has 0 amide bonds. The Hall–Kier alpha value is 1.35. The van der Waals surface area contributed by atoms with Gasteiger partial charge >= 0.3 is 29.6 Å². The first-order valence-electron chi connectivity index (χ1n) is 3.41. The maximum atomic E-state index is 5.90. The van der Waals surface area contributed by atoms with Crippen molar-refractivity contribution in [1.29, 1.82) is 0 Å². The minimum Gasteiger partial charge on any atom is -0.870 e.